The summed E-state index contributed by atoms with van der Waals surface area (Å²) in [7, 11) is 1.69. The smallest absolute Gasteiger partial charge is 0.409 e. The van der Waals surface area contributed by atoms with Gasteiger partial charge in [0, 0.05) is 26.7 Å². The summed E-state index contributed by atoms with van der Waals surface area (Å²) in [5, 5.41) is 0. The fraction of sp³-hybridized carbons (Fsp3) is 0.333. The van der Waals surface area contributed by atoms with Crippen LogP contribution in [-0.2, 0) is 11.3 Å². The average Bonchev–Trinajstić information content (AvgIpc) is 3.10. The highest BCUT2D eigenvalue weighted by molar-refractivity contribution is 5.94. The number of rotatable bonds is 7. The van der Waals surface area contributed by atoms with Crippen molar-refractivity contribution in [2.45, 2.75) is 32.9 Å². The van der Waals surface area contributed by atoms with Gasteiger partial charge in [0.05, 0.1) is 6.04 Å². The van der Waals surface area contributed by atoms with Crippen LogP contribution in [0, 0.1) is 0 Å². The number of imidazole rings is 1. The van der Waals surface area contributed by atoms with E-state index in [1.807, 2.05) is 47.9 Å². The van der Waals surface area contributed by atoms with Crippen LogP contribution >= 0.6 is 0 Å². The van der Waals surface area contributed by atoms with Crippen LogP contribution in [0.5, 0.6) is 0 Å². The molecule has 1 aromatic carbocycles. The molecule has 0 spiro atoms. The molecule has 3 rings (SSSR count). The molecular weight excluding hydrogens is 356 g/mol. The zero-order valence-electron chi connectivity index (χ0n) is 16.3. The lowest BCUT2D eigenvalue weighted by molar-refractivity contribution is 0.0975. The second kappa shape index (κ2) is 8.65. The van der Waals surface area contributed by atoms with Crippen molar-refractivity contribution in [1.29, 1.82) is 0 Å². The van der Waals surface area contributed by atoms with Crippen LogP contribution in [-0.4, -0.2) is 44.9 Å². The maximum absolute atomic E-state index is 12.4. The third kappa shape index (κ3) is 4.19. The number of benzene rings is 1. The Labute approximate surface area is 164 Å². The zero-order chi connectivity index (χ0) is 20.1. The molecule has 1 amide bonds. The number of hydrogen-bond acceptors (Lipinski definition) is 5. The number of carbonyl (C=O) groups excluding carboxylic acids is 2. The number of ketones is 1. The first-order valence-electron chi connectivity index (χ1n) is 9.27. The summed E-state index contributed by atoms with van der Waals surface area (Å²) < 4.78 is 7.23. The Balaban J connectivity index is 1.76. The number of pyridine rings is 1. The van der Waals surface area contributed by atoms with Crippen molar-refractivity contribution in [3.05, 3.63) is 60.0 Å². The lowest BCUT2D eigenvalue weighted by atomic mass is 10.2. The molecule has 0 N–H and O–H groups in total. The quantitative estimate of drug-likeness (QED) is 0.582. The minimum Gasteiger partial charge on any atom is -0.445 e. The van der Waals surface area contributed by atoms with E-state index in [1.54, 1.807) is 19.3 Å². The number of amides is 1. The number of hydrogen-bond donors (Lipinski definition) is 0. The third-order valence-electron chi connectivity index (χ3n) is 4.60. The van der Waals surface area contributed by atoms with E-state index in [2.05, 4.69) is 9.97 Å². The van der Waals surface area contributed by atoms with Gasteiger partial charge < -0.3 is 14.2 Å². The molecule has 28 heavy (non-hydrogen) atoms. The Morgan fingerprint density at radius 1 is 1.18 bits per heavy atom. The molecular formula is C21H24N4O3. The zero-order valence-corrected chi connectivity index (χ0v) is 16.3. The van der Waals surface area contributed by atoms with Gasteiger partial charge in [-0.25, -0.2) is 14.8 Å². The van der Waals surface area contributed by atoms with E-state index >= 15 is 0 Å². The molecule has 0 aliphatic rings. The molecule has 2 aromatic heterocycles. The van der Waals surface area contributed by atoms with Crippen molar-refractivity contribution in [2.75, 3.05) is 13.6 Å². The monoisotopic (exact) mass is 380 g/mol. The van der Waals surface area contributed by atoms with Gasteiger partial charge in [0.15, 0.2) is 17.3 Å². The van der Waals surface area contributed by atoms with Crippen LogP contribution in [0.3, 0.4) is 0 Å². The van der Waals surface area contributed by atoms with E-state index in [-0.39, 0.29) is 18.4 Å². The lowest BCUT2D eigenvalue weighted by Crippen LogP contribution is -2.34. The maximum Gasteiger partial charge on any atom is 0.409 e. The standard InChI is InChI=1S/C21H24N4O3/c1-4-17(13-24(3)21(27)28-14-16-9-6-5-7-10-16)25-19(15(2)26)23-18-11-8-12-22-20(18)25/h5-12,17H,4,13-14H2,1-3H3. The maximum atomic E-state index is 12.4. The summed E-state index contributed by atoms with van der Waals surface area (Å²) in [6, 6.07) is 13.0. The highest BCUT2D eigenvalue weighted by Crippen LogP contribution is 2.23. The minimum atomic E-state index is -0.413. The van der Waals surface area contributed by atoms with E-state index in [9.17, 15) is 9.59 Å². The predicted octanol–water partition coefficient (Wildman–Crippen LogP) is 3.85. The highest BCUT2D eigenvalue weighted by Gasteiger charge is 2.24. The molecule has 0 aliphatic carbocycles. The molecule has 0 saturated carbocycles. The van der Waals surface area contributed by atoms with Gasteiger partial charge in [-0.3, -0.25) is 4.79 Å². The van der Waals surface area contributed by atoms with Crippen LogP contribution < -0.4 is 0 Å². The fourth-order valence-electron chi connectivity index (χ4n) is 3.14. The molecule has 0 aliphatic heterocycles. The van der Waals surface area contributed by atoms with Crippen molar-refractivity contribution < 1.29 is 14.3 Å². The van der Waals surface area contributed by atoms with Crippen LogP contribution in [0.25, 0.3) is 11.2 Å². The summed E-state index contributed by atoms with van der Waals surface area (Å²) in [4.78, 5) is 34.9. The average molecular weight is 380 g/mol. The van der Waals surface area contributed by atoms with Crippen LogP contribution in [0.2, 0.25) is 0 Å². The predicted molar refractivity (Wildman–Crippen MR) is 106 cm³/mol. The van der Waals surface area contributed by atoms with Gasteiger partial charge in [-0.2, -0.15) is 0 Å². The minimum absolute atomic E-state index is 0.134. The van der Waals surface area contributed by atoms with Crippen molar-refractivity contribution in [3.8, 4) is 0 Å². The molecule has 7 nitrogen and oxygen atoms in total. The van der Waals surface area contributed by atoms with Crippen molar-refractivity contribution in [2.24, 2.45) is 0 Å². The van der Waals surface area contributed by atoms with E-state index in [0.717, 1.165) is 5.56 Å². The van der Waals surface area contributed by atoms with Crippen molar-refractivity contribution in [1.82, 2.24) is 19.4 Å². The summed E-state index contributed by atoms with van der Waals surface area (Å²) in [6.45, 7) is 4.09. The Bertz CT molecular complexity index is 968. The SMILES string of the molecule is CCC(CN(C)C(=O)OCc1ccccc1)n1c(C(C)=O)nc2cccnc21. The number of fused-ring (bicyclic) bond motifs is 1. The van der Waals surface area contributed by atoms with Crippen LogP contribution in [0.1, 0.15) is 42.5 Å². The third-order valence-corrected chi connectivity index (χ3v) is 4.60. The number of likely N-dealkylation sites (N-methyl/N-ethyl adjacent to an activating group) is 1. The molecule has 0 saturated heterocycles. The van der Waals surface area contributed by atoms with Crippen LogP contribution in [0.15, 0.2) is 48.7 Å². The molecule has 1 unspecified atom stereocenters. The first-order valence-corrected chi connectivity index (χ1v) is 9.27. The Morgan fingerprint density at radius 3 is 2.61 bits per heavy atom. The first-order chi connectivity index (χ1) is 13.5. The summed E-state index contributed by atoms with van der Waals surface area (Å²) in [5.74, 6) is 0.220. The summed E-state index contributed by atoms with van der Waals surface area (Å²) in [5.41, 5.74) is 2.24. The van der Waals surface area contributed by atoms with Gasteiger partial charge in [-0.15, -0.1) is 0 Å². The van der Waals surface area contributed by atoms with E-state index < -0.39 is 6.09 Å². The van der Waals surface area contributed by atoms with Crippen LogP contribution in [0.4, 0.5) is 4.79 Å². The van der Waals surface area contributed by atoms with Gasteiger partial charge >= 0.3 is 6.09 Å². The van der Waals surface area contributed by atoms with Crippen molar-refractivity contribution in [3.63, 3.8) is 0 Å². The fourth-order valence-corrected chi connectivity index (χ4v) is 3.14. The Kier molecular flexibility index (Phi) is 6.03. The molecule has 2 heterocycles. The second-order valence-electron chi connectivity index (χ2n) is 6.69. The molecule has 0 bridgehead atoms. The number of carbonyl (C=O) groups is 2. The van der Waals surface area contributed by atoms with E-state index in [1.165, 1.54) is 11.8 Å². The highest BCUT2D eigenvalue weighted by atomic mass is 16.6. The molecule has 3 aromatic rings. The normalized spacial score (nSPS) is 12.0. The van der Waals surface area contributed by atoms with E-state index in [0.29, 0.717) is 30.0 Å². The molecule has 0 fully saturated rings. The van der Waals surface area contributed by atoms with Crippen molar-refractivity contribution >= 4 is 23.0 Å². The van der Waals surface area contributed by atoms with Gasteiger partial charge in [0.2, 0.25) is 0 Å². The van der Waals surface area contributed by atoms with E-state index in [4.69, 9.17) is 4.74 Å². The Morgan fingerprint density at radius 2 is 1.93 bits per heavy atom. The first kappa shape index (κ1) is 19.5. The molecule has 146 valence electrons. The number of aromatic nitrogens is 3. The van der Waals surface area contributed by atoms with Gasteiger partial charge in [0.25, 0.3) is 0 Å². The molecule has 0 radical (unpaired) electrons. The Hall–Kier alpha value is -3.22. The number of ether oxygens (including phenoxy) is 1. The lowest BCUT2D eigenvalue weighted by Gasteiger charge is -2.25. The topological polar surface area (TPSA) is 77.3 Å². The number of Topliss-reactive ketones (excluding diaryl/α,β-unsaturated/α-hetero) is 1. The summed E-state index contributed by atoms with van der Waals surface area (Å²) >= 11 is 0. The van der Waals surface area contributed by atoms with Gasteiger partial charge in [-0.1, -0.05) is 37.3 Å². The number of nitrogens with zero attached hydrogens (tertiary/aromatic N) is 4. The molecule has 7 heteroatoms. The van der Waals surface area contributed by atoms with Gasteiger partial charge in [0.1, 0.15) is 12.1 Å². The molecule has 1 atom stereocenters. The largest absolute Gasteiger partial charge is 0.445 e. The van der Waals surface area contributed by atoms with Gasteiger partial charge in [-0.05, 0) is 24.1 Å². The summed E-state index contributed by atoms with van der Waals surface area (Å²) in [6.07, 6.45) is 1.97. The second-order valence-corrected chi connectivity index (χ2v) is 6.69.